The number of para-hydroxylation sites is 2. The third kappa shape index (κ3) is 4.97. The number of aromatic nitrogens is 2. The molecule has 4 aliphatic rings. The molecule has 1 aromatic heterocycles. The minimum Gasteiger partial charge on any atom is -0.465 e. The predicted octanol–water partition coefficient (Wildman–Crippen LogP) is 3.97. The molecule has 3 aliphatic heterocycles. The van der Waals surface area contributed by atoms with Crippen LogP contribution >= 0.6 is 0 Å². The van der Waals surface area contributed by atoms with Gasteiger partial charge in [-0.3, -0.25) is 24.0 Å². The number of benzene rings is 1. The van der Waals surface area contributed by atoms with Crippen LogP contribution in [0.15, 0.2) is 29.1 Å². The first-order valence-electron chi connectivity index (χ1n) is 15.1. The number of anilines is 1. The fraction of sp³-hybridized carbons (Fsp3) is 0.700. The Morgan fingerprint density at radius 2 is 1.66 bits per heavy atom. The minimum atomic E-state index is -0.183. The maximum Gasteiger partial charge on any atom is 0.320 e. The van der Waals surface area contributed by atoms with Crippen LogP contribution in [0.4, 0.5) is 5.82 Å². The SMILES string of the molecule is CCOC(=O)CN1CCN(c2nc3ccccc3n([C@@H]3C[C@@H]4CCC3N4C3CCCCCCC3)c2=O)CC1. The predicted molar refractivity (Wildman–Crippen MR) is 150 cm³/mol. The van der Waals surface area contributed by atoms with Crippen LogP contribution in [-0.2, 0) is 9.53 Å². The Morgan fingerprint density at radius 1 is 0.921 bits per heavy atom. The number of carbonyl (C=O) groups excluding carboxylic acids is 1. The van der Waals surface area contributed by atoms with Gasteiger partial charge in [0.15, 0.2) is 5.82 Å². The van der Waals surface area contributed by atoms with Crippen molar-refractivity contribution in [3.05, 3.63) is 34.6 Å². The normalized spacial score (nSPS) is 27.5. The highest BCUT2D eigenvalue weighted by Crippen LogP contribution is 2.47. The quantitative estimate of drug-likeness (QED) is 0.533. The first-order valence-corrected chi connectivity index (χ1v) is 15.1. The van der Waals surface area contributed by atoms with E-state index in [9.17, 15) is 9.59 Å². The lowest BCUT2D eigenvalue weighted by atomic mass is 9.94. The van der Waals surface area contributed by atoms with Gasteiger partial charge >= 0.3 is 5.97 Å². The second-order valence-electron chi connectivity index (χ2n) is 11.7. The lowest BCUT2D eigenvalue weighted by molar-refractivity contribution is -0.144. The summed E-state index contributed by atoms with van der Waals surface area (Å²) in [7, 11) is 0. The second kappa shape index (κ2) is 11.3. The Kier molecular flexibility index (Phi) is 7.70. The maximum atomic E-state index is 14.2. The van der Waals surface area contributed by atoms with Gasteiger partial charge in [0.05, 0.1) is 30.2 Å². The third-order valence-electron chi connectivity index (χ3n) is 9.49. The van der Waals surface area contributed by atoms with E-state index in [2.05, 4.69) is 25.3 Å². The molecule has 3 saturated heterocycles. The summed E-state index contributed by atoms with van der Waals surface area (Å²) < 4.78 is 7.25. The van der Waals surface area contributed by atoms with E-state index in [1.807, 2.05) is 25.1 Å². The summed E-state index contributed by atoms with van der Waals surface area (Å²) in [5.74, 6) is 0.386. The van der Waals surface area contributed by atoms with Gasteiger partial charge in [0.25, 0.3) is 5.56 Å². The summed E-state index contributed by atoms with van der Waals surface area (Å²) in [5.41, 5.74) is 1.92. The van der Waals surface area contributed by atoms with Gasteiger partial charge in [0.2, 0.25) is 0 Å². The molecule has 206 valence electrons. The van der Waals surface area contributed by atoms with Gasteiger partial charge in [-0.25, -0.2) is 4.98 Å². The number of esters is 1. The van der Waals surface area contributed by atoms with Crippen molar-refractivity contribution in [2.45, 2.75) is 95.3 Å². The topological polar surface area (TPSA) is 70.9 Å². The van der Waals surface area contributed by atoms with E-state index >= 15 is 0 Å². The molecule has 1 aromatic carbocycles. The highest BCUT2D eigenvalue weighted by atomic mass is 16.5. The first-order chi connectivity index (χ1) is 18.6. The van der Waals surface area contributed by atoms with Crippen molar-refractivity contribution >= 4 is 22.8 Å². The summed E-state index contributed by atoms with van der Waals surface area (Å²) in [5, 5.41) is 0. The molecule has 2 bridgehead atoms. The fourth-order valence-corrected chi connectivity index (χ4v) is 7.76. The Balaban J connectivity index is 1.27. The van der Waals surface area contributed by atoms with Crippen molar-refractivity contribution in [2.24, 2.45) is 0 Å². The number of nitrogens with zero attached hydrogens (tertiary/aromatic N) is 5. The van der Waals surface area contributed by atoms with E-state index in [4.69, 9.17) is 9.72 Å². The van der Waals surface area contributed by atoms with Crippen LogP contribution in [-0.4, -0.2) is 82.8 Å². The minimum absolute atomic E-state index is 0.0534. The van der Waals surface area contributed by atoms with Crippen LogP contribution in [0, 0.1) is 0 Å². The van der Waals surface area contributed by atoms with Gasteiger partial charge in [-0.05, 0) is 51.2 Å². The van der Waals surface area contributed by atoms with E-state index < -0.39 is 0 Å². The van der Waals surface area contributed by atoms with Crippen LogP contribution < -0.4 is 10.5 Å². The molecule has 0 N–H and O–H groups in total. The first kappa shape index (κ1) is 25.8. The second-order valence-corrected chi connectivity index (χ2v) is 11.7. The molecule has 1 aliphatic carbocycles. The van der Waals surface area contributed by atoms with Gasteiger partial charge in [-0.2, -0.15) is 0 Å². The molecule has 4 fully saturated rings. The van der Waals surface area contributed by atoms with Gasteiger partial charge in [0.1, 0.15) is 0 Å². The van der Waals surface area contributed by atoms with Gasteiger partial charge in [-0.1, -0.05) is 44.2 Å². The van der Waals surface area contributed by atoms with E-state index in [0.29, 0.717) is 50.2 Å². The van der Waals surface area contributed by atoms with Gasteiger partial charge < -0.3 is 9.64 Å². The molecular formula is C30H43N5O3. The Hall–Kier alpha value is -2.45. The highest BCUT2D eigenvalue weighted by molar-refractivity contribution is 5.76. The number of fused-ring (bicyclic) bond motifs is 3. The molecule has 0 amide bonds. The summed E-state index contributed by atoms with van der Waals surface area (Å²) >= 11 is 0. The van der Waals surface area contributed by atoms with E-state index in [0.717, 1.165) is 30.5 Å². The number of rotatable bonds is 6. The number of hydrogen-bond donors (Lipinski definition) is 0. The summed E-state index contributed by atoms with van der Waals surface area (Å²) in [6.45, 7) is 5.35. The lowest BCUT2D eigenvalue weighted by Crippen LogP contribution is -2.50. The van der Waals surface area contributed by atoms with Crippen LogP contribution in [0.25, 0.3) is 11.0 Å². The smallest absolute Gasteiger partial charge is 0.320 e. The standard InChI is InChI=1S/C30H43N5O3/c1-2-38-28(36)21-32-16-18-33(19-17-32)29-30(37)35(25-13-9-8-12-24(25)31-29)27-20-23-14-15-26(27)34(23)22-10-6-4-3-5-7-11-22/h8-9,12-13,22-23,26-27H,2-7,10-11,14-21H2,1H3/t23-,26?,27+/m0/s1. The van der Waals surface area contributed by atoms with Crippen molar-refractivity contribution < 1.29 is 9.53 Å². The molecule has 2 aromatic rings. The zero-order valence-corrected chi connectivity index (χ0v) is 22.9. The summed E-state index contributed by atoms with van der Waals surface area (Å²) in [6.07, 6.45) is 13.0. The van der Waals surface area contributed by atoms with Crippen molar-refractivity contribution in [1.29, 1.82) is 0 Å². The van der Waals surface area contributed by atoms with Crippen LogP contribution in [0.3, 0.4) is 0 Å². The number of carbonyl (C=O) groups is 1. The number of hydrogen-bond acceptors (Lipinski definition) is 7. The van der Waals surface area contributed by atoms with Crippen LogP contribution in [0.2, 0.25) is 0 Å². The van der Waals surface area contributed by atoms with Crippen molar-refractivity contribution in [3.8, 4) is 0 Å². The molecule has 8 nitrogen and oxygen atoms in total. The molecule has 38 heavy (non-hydrogen) atoms. The fourth-order valence-electron chi connectivity index (χ4n) is 7.76. The Bertz CT molecular complexity index is 1180. The van der Waals surface area contributed by atoms with Crippen LogP contribution in [0.5, 0.6) is 0 Å². The lowest BCUT2D eigenvalue weighted by Gasteiger charge is -2.36. The maximum absolute atomic E-state index is 14.2. The van der Waals surface area contributed by atoms with Crippen molar-refractivity contribution in [3.63, 3.8) is 0 Å². The summed E-state index contributed by atoms with van der Waals surface area (Å²) in [4.78, 5) is 38.2. The van der Waals surface area contributed by atoms with Crippen LogP contribution in [0.1, 0.15) is 77.2 Å². The Morgan fingerprint density at radius 3 is 2.42 bits per heavy atom. The zero-order chi connectivity index (χ0) is 26.1. The third-order valence-corrected chi connectivity index (χ3v) is 9.49. The van der Waals surface area contributed by atoms with Crippen molar-refractivity contribution in [1.82, 2.24) is 19.4 Å². The molecule has 1 unspecified atom stereocenters. The van der Waals surface area contributed by atoms with E-state index in [-0.39, 0.29) is 17.6 Å². The zero-order valence-electron chi connectivity index (χ0n) is 22.9. The molecular weight excluding hydrogens is 478 g/mol. The van der Waals surface area contributed by atoms with E-state index in [1.54, 1.807) is 0 Å². The molecule has 6 rings (SSSR count). The highest BCUT2D eigenvalue weighted by Gasteiger charge is 2.50. The van der Waals surface area contributed by atoms with E-state index in [1.165, 1.54) is 57.8 Å². The average molecular weight is 522 g/mol. The summed E-state index contributed by atoms with van der Waals surface area (Å²) in [6, 6.07) is 10.1. The molecule has 1 saturated carbocycles. The molecule has 4 heterocycles. The largest absolute Gasteiger partial charge is 0.465 e. The van der Waals surface area contributed by atoms with Gasteiger partial charge in [0, 0.05) is 44.3 Å². The van der Waals surface area contributed by atoms with Gasteiger partial charge in [-0.15, -0.1) is 0 Å². The molecule has 0 spiro atoms. The number of ether oxygens (including phenoxy) is 1. The molecule has 3 atom stereocenters. The molecule has 0 radical (unpaired) electrons. The molecule has 8 heteroatoms. The monoisotopic (exact) mass is 521 g/mol. The Labute approximate surface area is 225 Å². The number of piperazine rings is 1. The van der Waals surface area contributed by atoms with Crippen molar-refractivity contribution in [2.75, 3.05) is 44.2 Å². The average Bonchev–Trinajstić information content (AvgIpc) is 3.47.